The van der Waals surface area contributed by atoms with Gasteiger partial charge in [-0.2, -0.15) is 13.2 Å². The largest absolute Gasteiger partial charge is 0.455 e. The molecule has 15 nitrogen and oxygen atoms in total. The number of allylic oxidation sites excluding steroid dienone is 1. The molecule has 0 radical (unpaired) electrons. The number of hydrogen-bond donors (Lipinski definition) is 2. The number of morpholine rings is 1. The number of nitrogens with one attached hydrogen (secondary N) is 2. The molecular formula is C51H58F3N7O8S. The summed E-state index contributed by atoms with van der Waals surface area (Å²) >= 11 is 0. The van der Waals surface area contributed by atoms with Crippen LogP contribution < -0.4 is 15.0 Å². The fourth-order valence-electron chi connectivity index (χ4n) is 9.60. The second kappa shape index (κ2) is 20.6. The number of piperazine rings is 1. The second-order valence-corrected chi connectivity index (χ2v) is 21.2. The zero-order chi connectivity index (χ0) is 50.0. The molecule has 8 rings (SSSR count). The van der Waals surface area contributed by atoms with Crippen molar-refractivity contribution >= 4 is 55.2 Å². The molecule has 0 bridgehead atoms. The Bertz CT molecular complexity index is 2930. The molecule has 3 aliphatic rings. The van der Waals surface area contributed by atoms with Gasteiger partial charge in [0.1, 0.15) is 28.6 Å². The first kappa shape index (κ1) is 50.1. The first-order valence-corrected chi connectivity index (χ1v) is 25.1. The first-order chi connectivity index (χ1) is 33.2. The van der Waals surface area contributed by atoms with Crippen LogP contribution in [0.5, 0.6) is 11.5 Å². The number of pyridine rings is 1. The van der Waals surface area contributed by atoms with E-state index >= 15 is 0 Å². The molecule has 2 saturated heterocycles. The Balaban J connectivity index is 0.971. The van der Waals surface area contributed by atoms with E-state index in [0.717, 1.165) is 47.5 Å². The van der Waals surface area contributed by atoms with Crippen molar-refractivity contribution in [3.63, 3.8) is 0 Å². The molecule has 1 unspecified atom stereocenters. The number of sulfone groups is 1. The van der Waals surface area contributed by atoms with Gasteiger partial charge in [-0.3, -0.25) is 24.6 Å². The molecule has 1 atom stereocenters. The van der Waals surface area contributed by atoms with Crippen molar-refractivity contribution in [1.82, 2.24) is 19.8 Å². The molecule has 3 aromatic carbocycles. The zero-order valence-corrected chi connectivity index (χ0v) is 40.6. The number of ketones is 1. The Labute approximate surface area is 405 Å². The summed E-state index contributed by atoms with van der Waals surface area (Å²) in [7, 11) is -4.40. The molecule has 19 heteroatoms. The van der Waals surface area contributed by atoms with Crippen molar-refractivity contribution < 1.29 is 45.6 Å². The monoisotopic (exact) mass is 985 g/mol. The van der Waals surface area contributed by atoms with Gasteiger partial charge in [-0.05, 0) is 110 Å². The highest BCUT2D eigenvalue weighted by Crippen LogP contribution is 2.45. The zero-order valence-electron chi connectivity index (χ0n) is 39.7. The van der Waals surface area contributed by atoms with E-state index in [1.165, 1.54) is 49.0 Å². The third-order valence-corrected chi connectivity index (χ3v) is 15.1. The summed E-state index contributed by atoms with van der Waals surface area (Å²) in [5.41, 5.74) is 4.21. The Morgan fingerprint density at radius 2 is 1.81 bits per heavy atom. The number of nitrogens with zero attached hydrogens (tertiary/aromatic N) is 5. The van der Waals surface area contributed by atoms with Crippen LogP contribution in [0, 0.1) is 22.5 Å². The minimum absolute atomic E-state index is 0.000434. The molecule has 0 saturated carbocycles. The number of nitro groups is 1. The number of hydrogen-bond acceptors (Lipinski definition) is 12. The van der Waals surface area contributed by atoms with Gasteiger partial charge in [0.15, 0.2) is 15.6 Å². The number of carbonyl (C=O) groups is 2. The fraction of sp³-hybridized carbons (Fsp3) is 0.431. The van der Waals surface area contributed by atoms with E-state index in [1.807, 2.05) is 6.07 Å². The number of aromatic nitrogens is 2. The first-order valence-electron chi connectivity index (χ1n) is 23.5. The highest BCUT2D eigenvalue weighted by atomic mass is 32.2. The van der Waals surface area contributed by atoms with E-state index in [-0.39, 0.29) is 39.3 Å². The summed E-state index contributed by atoms with van der Waals surface area (Å²) in [4.78, 5) is 50.7. The van der Waals surface area contributed by atoms with Crippen molar-refractivity contribution in [3.05, 3.63) is 117 Å². The van der Waals surface area contributed by atoms with Crippen LogP contribution in [0.15, 0.2) is 89.6 Å². The Morgan fingerprint density at radius 3 is 2.54 bits per heavy atom. The van der Waals surface area contributed by atoms with Gasteiger partial charge < -0.3 is 29.6 Å². The quantitative estimate of drug-likeness (QED) is 0.0415. The number of halogens is 3. The van der Waals surface area contributed by atoms with Gasteiger partial charge in [-0.1, -0.05) is 25.5 Å². The number of rotatable bonds is 16. The SMILES string of the molecule is CC(=O)N1CCOC(CCCNc2ccc(S(=O)(=O)CC(=O)c3ccc(N4CCN(CC5=C(c6ccc(C(F)(F)F)cc6C)CC(C)(C)CC5)CC4)cc3Oc3cnc4[nH]ccc4c3)cc2[N+](=O)[O-])C1. The van der Waals surface area contributed by atoms with Gasteiger partial charge in [0.2, 0.25) is 5.91 Å². The summed E-state index contributed by atoms with van der Waals surface area (Å²) in [5.74, 6) is -1.36. The lowest BCUT2D eigenvalue weighted by Gasteiger charge is -2.39. The summed E-state index contributed by atoms with van der Waals surface area (Å²) in [6.45, 7) is 12.7. The number of carbonyl (C=O) groups excluding carboxylic acids is 2. The number of aromatic amines is 1. The lowest BCUT2D eigenvalue weighted by Crippen LogP contribution is -2.47. The molecule has 2 aliphatic heterocycles. The summed E-state index contributed by atoms with van der Waals surface area (Å²) in [6, 6.07) is 16.1. The third kappa shape index (κ3) is 11.8. The van der Waals surface area contributed by atoms with Gasteiger partial charge in [0, 0.05) is 88.7 Å². The maximum Gasteiger partial charge on any atom is 0.416 e. The molecule has 4 heterocycles. The van der Waals surface area contributed by atoms with E-state index in [0.29, 0.717) is 88.8 Å². The number of nitro benzene ring substituents is 1. The van der Waals surface area contributed by atoms with Crippen LogP contribution in [-0.2, 0) is 25.5 Å². The smallest absolute Gasteiger partial charge is 0.416 e. The van der Waals surface area contributed by atoms with Crippen LogP contribution in [0.1, 0.15) is 79.9 Å². The maximum atomic E-state index is 14.1. The van der Waals surface area contributed by atoms with E-state index < -0.39 is 43.7 Å². The summed E-state index contributed by atoms with van der Waals surface area (Å²) < 4.78 is 80.5. The maximum absolute atomic E-state index is 14.1. The average Bonchev–Trinajstić information content (AvgIpc) is 3.79. The fourth-order valence-corrected chi connectivity index (χ4v) is 10.8. The molecule has 1 amide bonds. The molecule has 1 aliphatic carbocycles. The Hall–Kier alpha value is -6.31. The predicted octanol–water partition coefficient (Wildman–Crippen LogP) is 9.47. The minimum atomic E-state index is -4.42. The van der Waals surface area contributed by atoms with Crippen molar-refractivity contribution in [2.45, 2.75) is 77.0 Å². The van der Waals surface area contributed by atoms with Gasteiger partial charge in [0.25, 0.3) is 5.69 Å². The summed E-state index contributed by atoms with van der Waals surface area (Å²) in [5, 5.41) is 16.0. The van der Waals surface area contributed by atoms with Crippen LogP contribution in [0.3, 0.4) is 0 Å². The number of fused-ring (bicyclic) bond motifs is 1. The van der Waals surface area contributed by atoms with Gasteiger partial charge >= 0.3 is 6.18 Å². The van der Waals surface area contributed by atoms with Crippen LogP contribution >= 0.6 is 0 Å². The lowest BCUT2D eigenvalue weighted by atomic mass is 9.72. The number of aryl methyl sites for hydroxylation is 1. The van der Waals surface area contributed by atoms with Gasteiger partial charge in [0.05, 0.1) is 39.9 Å². The number of alkyl halides is 3. The van der Waals surface area contributed by atoms with Gasteiger partial charge in [-0.15, -0.1) is 0 Å². The molecule has 372 valence electrons. The van der Waals surface area contributed by atoms with Crippen LogP contribution in [-0.4, -0.2) is 116 Å². The van der Waals surface area contributed by atoms with E-state index in [2.05, 4.69) is 38.9 Å². The third-order valence-electron chi connectivity index (χ3n) is 13.5. The van der Waals surface area contributed by atoms with Crippen LogP contribution in [0.2, 0.25) is 0 Å². The molecule has 5 aromatic rings. The van der Waals surface area contributed by atoms with E-state index in [1.54, 1.807) is 42.3 Å². The highest BCUT2D eigenvalue weighted by molar-refractivity contribution is 7.92. The second-order valence-electron chi connectivity index (χ2n) is 19.2. The molecule has 70 heavy (non-hydrogen) atoms. The number of H-pyrrole nitrogens is 1. The van der Waals surface area contributed by atoms with E-state index in [4.69, 9.17) is 9.47 Å². The predicted molar refractivity (Wildman–Crippen MR) is 261 cm³/mol. The van der Waals surface area contributed by atoms with E-state index in [9.17, 15) is 41.3 Å². The number of benzene rings is 3. The standard InChI is InChI=1S/C51H58F3N7O8S/c1-33-24-37(51(52,53)54)7-10-42(33)44-28-50(3,4)15-13-36(44)30-58-18-20-59(21-19-58)38-8-11-43(48(26-38)69-40-25-35-14-17-56-49(35)57-29-40)47(63)32-70(66,67)41-9-12-45(46(27-41)61(64)65)55-16-5-6-39-31-60(34(2)62)22-23-68-39/h7-12,14,17,24-27,29,39,55H,5-6,13,15-16,18-23,28,30-32H2,1-4H3,(H,56,57). The van der Waals surface area contributed by atoms with Crippen molar-refractivity contribution in [2.75, 3.05) is 74.9 Å². The lowest BCUT2D eigenvalue weighted by molar-refractivity contribution is -0.384. The minimum Gasteiger partial charge on any atom is -0.455 e. The normalized spacial score (nSPS) is 18.0. The molecule has 2 N–H and O–H groups in total. The average molecular weight is 986 g/mol. The number of Topliss-reactive ketones (excluding diaryl/α,β-unsaturated/α-hetero) is 1. The molecule has 2 aromatic heterocycles. The Kier molecular flexibility index (Phi) is 14.7. The number of ether oxygens (including phenoxy) is 2. The number of amides is 1. The topological polar surface area (TPSA) is 180 Å². The van der Waals surface area contributed by atoms with Crippen molar-refractivity contribution in [1.29, 1.82) is 0 Å². The highest BCUT2D eigenvalue weighted by Gasteiger charge is 2.34. The number of anilines is 2. The summed E-state index contributed by atoms with van der Waals surface area (Å²) in [6.07, 6.45) is 2.42. The Morgan fingerprint density at radius 1 is 1.03 bits per heavy atom. The molecule has 2 fully saturated rings. The van der Waals surface area contributed by atoms with Crippen molar-refractivity contribution in [3.8, 4) is 11.5 Å². The van der Waals surface area contributed by atoms with Gasteiger partial charge in [-0.25, -0.2) is 13.4 Å². The molecular weight excluding hydrogens is 928 g/mol. The van der Waals surface area contributed by atoms with Crippen LogP contribution in [0.4, 0.5) is 30.2 Å². The molecule has 0 spiro atoms. The van der Waals surface area contributed by atoms with Crippen molar-refractivity contribution in [2.24, 2.45) is 5.41 Å². The van der Waals surface area contributed by atoms with Crippen LogP contribution in [0.25, 0.3) is 16.6 Å².